The SMILES string of the molecule is CN(C)c1ccc(C(c2ccccc2)c2c(C(=O)O)[nH]c3ccccc23)cc1. The molecule has 4 heteroatoms. The van der Waals surface area contributed by atoms with Crippen molar-refractivity contribution in [2.75, 3.05) is 19.0 Å². The number of para-hydroxylation sites is 1. The lowest BCUT2D eigenvalue weighted by Gasteiger charge is -2.21. The number of carboxylic acids is 1. The van der Waals surface area contributed by atoms with E-state index in [-0.39, 0.29) is 11.6 Å². The summed E-state index contributed by atoms with van der Waals surface area (Å²) in [6.45, 7) is 0. The Labute approximate surface area is 164 Å². The number of nitrogens with zero attached hydrogens (tertiary/aromatic N) is 1. The molecule has 0 aliphatic rings. The molecule has 0 aliphatic heterocycles. The van der Waals surface area contributed by atoms with Crippen molar-refractivity contribution in [3.8, 4) is 0 Å². The van der Waals surface area contributed by atoms with Gasteiger partial charge >= 0.3 is 5.97 Å². The molecule has 4 rings (SSSR count). The fourth-order valence-electron chi connectivity index (χ4n) is 3.77. The number of fused-ring (bicyclic) bond motifs is 1. The molecule has 0 fully saturated rings. The van der Waals surface area contributed by atoms with Crippen molar-refractivity contribution in [1.82, 2.24) is 4.98 Å². The molecule has 0 saturated carbocycles. The number of H-pyrrole nitrogens is 1. The molecule has 4 aromatic rings. The minimum Gasteiger partial charge on any atom is -0.477 e. The maximum Gasteiger partial charge on any atom is 0.352 e. The van der Waals surface area contributed by atoms with Gasteiger partial charge in [0.1, 0.15) is 5.69 Å². The lowest BCUT2D eigenvalue weighted by Crippen LogP contribution is -2.11. The quantitative estimate of drug-likeness (QED) is 0.513. The number of aromatic carboxylic acids is 1. The van der Waals surface area contributed by atoms with Gasteiger partial charge in [-0.15, -0.1) is 0 Å². The van der Waals surface area contributed by atoms with Crippen molar-refractivity contribution < 1.29 is 9.90 Å². The average Bonchev–Trinajstić information content (AvgIpc) is 3.09. The maximum atomic E-state index is 12.1. The number of benzene rings is 3. The third-order valence-electron chi connectivity index (χ3n) is 5.12. The van der Waals surface area contributed by atoms with Crippen LogP contribution >= 0.6 is 0 Å². The third-order valence-corrected chi connectivity index (χ3v) is 5.12. The number of rotatable bonds is 5. The summed E-state index contributed by atoms with van der Waals surface area (Å²) in [5.74, 6) is -1.13. The second kappa shape index (κ2) is 7.24. The first-order valence-corrected chi connectivity index (χ1v) is 9.22. The topological polar surface area (TPSA) is 56.3 Å². The summed E-state index contributed by atoms with van der Waals surface area (Å²) >= 11 is 0. The van der Waals surface area contributed by atoms with Gasteiger partial charge in [-0.1, -0.05) is 60.7 Å². The molecule has 0 amide bonds. The molecule has 0 aliphatic carbocycles. The Morgan fingerprint density at radius 1 is 0.857 bits per heavy atom. The van der Waals surface area contributed by atoms with E-state index in [0.717, 1.165) is 33.3 Å². The molecule has 0 saturated heterocycles. The Morgan fingerprint density at radius 2 is 1.46 bits per heavy atom. The number of carboxylic acid groups (broad SMARTS) is 1. The van der Waals surface area contributed by atoms with Crippen LogP contribution in [0.2, 0.25) is 0 Å². The van der Waals surface area contributed by atoms with Gasteiger partial charge in [0.2, 0.25) is 0 Å². The molecule has 1 unspecified atom stereocenters. The number of hydrogen-bond donors (Lipinski definition) is 2. The van der Waals surface area contributed by atoms with Crippen molar-refractivity contribution in [3.63, 3.8) is 0 Å². The molecular formula is C24H22N2O2. The lowest BCUT2D eigenvalue weighted by molar-refractivity contribution is 0.0690. The Morgan fingerprint density at radius 3 is 2.11 bits per heavy atom. The molecule has 1 heterocycles. The number of aromatic nitrogens is 1. The number of anilines is 1. The number of aromatic amines is 1. The van der Waals surface area contributed by atoms with E-state index in [9.17, 15) is 9.90 Å². The van der Waals surface area contributed by atoms with Crippen LogP contribution in [0.1, 0.15) is 33.1 Å². The van der Waals surface area contributed by atoms with Gasteiger partial charge in [-0.2, -0.15) is 0 Å². The van der Waals surface area contributed by atoms with E-state index >= 15 is 0 Å². The van der Waals surface area contributed by atoms with Crippen LogP contribution in [0.25, 0.3) is 10.9 Å². The van der Waals surface area contributed by atoms with Crippen LogP contribution in [-0.4, -0.2) is 30.2 Å². The highest BCUT2D eigenvalue weighted by molar-refractivity contribution is 5.98. The third kappa shape index (κ3) is 3.14. The largest absolute Gasteiger partial charge is 0.477 e. The van der Waals surface area contributed by atoms with Crippen LogP contribution in [0, 0.1) is 0 Å². The van der Waals surface area contributed by atoms with Gasteiger partial charge in [0, 0.05) is 42.2 Å². The zero-order valence-corrected chi connectivity index (χ0v) is 15.9. The van der Waals surface area contributed by atoms with Gasteiger partial charge in [0.15, 0.2) is 0 Å². The average molecular weight is 370 g/mol. The van der Waals surface area contributed by atoms with E-state index < -0.39 is 5.97 Å². The highest BCUT2D eigenvalue weighted by Crippen LogP contribution is 2.39. The number of hydrogen-bond acceptors (Lipinski definition) is 2. The van der Waals surface area contributed by atoms with E-state index in [1.807, 2.05) is 56.6 Å². The Kier molecular flexibility index (Phi) is 4.62. The molecule has 140 valence electrons. The summed E-state index contributed by atoms with van der Waals surface area (Å²) in [6.07, 6.45) is 0. The normalized spacial score (nSPS) is 12.1. The van der Waals surface area contributed by atoms with Crippen molar-refractivity contribution in [1.29, 1.82) is 0 Å². The van der Waals surface area contributed by atoms with Crippen molar-refractivity contribution in [2.45, 2.75) is 5.92 Å². The minimum absolute atomic E-state index is 0.181. The van der Waals surface area contributed by atoms with Crippen molar-refractivity contribution in [3.05, 3.63) is 101 Å². The van der Waals surface area contributed by atoms with Crippen LogP contribution in [-0.2, 0) is 0 Å². The van der Waals surface area contributed by atoms with Crippen LogP contribution in [0.5, 0.6) is 0 Å². The smallest absolute Gasteiger partial charge is 0.352 e. The molecule has 0 spiro atoms. The van der Waals surface area contributed by atoms with Crippen molar-refractivity contribution >= 4 is 22.6 Å². The Hall–Kier alpha value is -3.53. The summed E-state index contributed by atoms with van der Waals surface area (Å²) < 4.78 is 0. The summed E-state index contributed by atoms with van der Waals surface area (Å²) in [5.41, 5.74) is 5.10. The van der Waals surface area contributed by atoms with Gasteiger partial charge in [0.25, 0.3) is 0 Å². The molecule has 0 radical (unpaired) electrons. The summed E-state index contributed by atoms with van der Waals surface area (Å²) in [6, 6.07) is 26.1. The monoisotopic (exact) mass is 370 g/mol. The van der Waals surface area contributed by atoms with Crippen LogP contribution in [0.3, 0.4) is 0 Å². The highest BCUT2D eigenvalue weighted by Gasteiger charge is 2.27. The van der Waals surface area contributed by atoms with Gasteiger partial charge < -0.3 is 15.0 Å². The van der Waals surface area contributed by atoms with E-state index in [2.05, 4.69) is 46.3 Å². The maximum absolute atomic E-state index is 12.1. The molecule has 0 bridgehead atoms. The van der Waals surface area contributed by atoms with Gasteiger partial charge in [0.05, 0.1) is 0 Å². The zero-order chi connectivity index (χ0) is 19.7. The second-order valence-electron chi connectivity index (χ2n) is 7.09. The first kappa shape index (κ1) is 17.9. The van der Waals surface area contributed by atoms with Crippen LogP contribution in [0.4, 0.5) is 5.69 Å². The molecular weight excluding hydrogens is 348 g/mol. The predicted molar refractivity (Wildman–Crippen MR) is 113 cm³/mol. The van der Waals surface area contributed by atoms with Crippen LogP contribution < -0.4 is 4.90 Å². The first-order valence-electron chi connectivity index (χ1n) is 9.22. The Balaban J connectivity index is 1.98. The van der Waals surface area contributed by atoms with E-state index in [1.54, 1.807) is 0 Å². The van der Waals surface area contributed by atoms with Crippen LogP contribution in [0.15, 0.2) is 78.9 Å². The molecule has 1 aromatic heterocycles. The number of carbonyl (C=O) groups is 1. The fourth-order valence-corrected chi connectivity index (χ4v) is 3.77. The molecule has 1 atom stereocenters. The Bertz CT molecular complexity index is 1110. The van der Waals surface area contributed by atoms with E-state index in [0.29, 0.717) is 0 Å². The molecule has 4 nitrogen and oxygen atoms in total. The zero-order valence-electron chi connectivity index (χ0n) is 15.9. The number of nitrogens with one attached hydrogen (secondary N) is 1. The summed E-state index contributed by atoms with van der Waals surface area (Å²) in [7, 11) is 4.01. The van der Waals surface area contributed by atoms with Gasteiger partial charge in [-0.05, 0) is 29.3 Å². The minimum atomic E-state index is -0.947. The highest BCUT2D eigenvalue weighted by atomic mass is 16.4. The van der Waals surface area contributed by atoms with E-state index in [1.165, 1.54) is 0 Å². The summed E-state index contributed by atoms with van der Waals surface area (Å²) in [4.78, 5) is 17.2. The van der Waals surface area contributed by atoms with Gasteiger partial charge in [-0.25, -0.2) is 4.79 Å². The first-order chi connectivity index (χ1) is 13.6. The second-order valence-corrected chi connectivity index (χ2v) is 7.09. The van der Waals surface area contributed by atoms with E-state index in [4.69, 9.17) is 0 Å². The molecule has 2 N–H and O–H groups in total. The van der Waals surface area contributed by atoms with Gasteiger partial charge in [-0.3, -0.25) is 0 Å². The molecule has 3 aromatic carbocycles. The standard InChI is InChI=1S/C24H22N2O2/c1-26(2)18-14-12-17(13-15-18)21(16-8-4-3-5-9-16)22-19-10-6-7-11-20(19)25-23(22)24(27)28/h3-15,21,25H,1-2H3,(H,27,28). The van der Waals surface area contributed by atoms with Crippen molar-refractivity contribution in [2.24, 2.45) is 0 Å². The lowest BCUT2D eigenvalue weighted by atomic mass is 9.83. The fraction of sp³-hybridized carbons (Fsp3) is 0.125. The molecule has 28 heavy (non-hydrogen) atoms. The predicted octanol–water partition coefficient (Wildman–Crippen LogP) is 5.11. The summed E-state index contributed by atoms with van der Waals surface area (Å²) in [5, 5.41) is 10.8.